The van der Waals surface area contributed by atoms with Gasteiger partial charge in [-0.1, -0.05) is 79.7 Å². The maximum absolute atomic E-state index is 11.8. The highest BCUT2D eigenvalue weighted by Crippen LogP contribution is 2.23. The number of Topliss-reactive ketones (excluding diaryl/α,β-unsaturated/α-hetero) is 1. The third-order valence-corrected chi connectivity index (χ3v) is 5.50. The van der Waals surface area contributed by atoms with Crippen LogP contribution in [0.3, 0.4) is 0 Å². The molecule has 26 heavy (non-hydrogen) atoms. The van der Waals surface area contributed by atoms with Gasteiger partial charge in [0.25, 0.3) is 0 Å². The molecule has 0 rings (SSSR count). The minimum absolute atomic E-state index is 0.231. The number of allylic oxidation sites excluding steroid dienone is 2. The fourth-order valence-corrected chi connectivity index (χ4v) is 3.13. The van der Waals surface area contributed by atoms with Gasteiger partial charge in [0.2, 0.25) is 0 Å². The fraction of sp³-hybridized carbons (Fsp3) is 0.857. The molecule has 0 aromatic carbocycles. The number of hydrogen-bond donors (Lipinski definition) is 3. The van der Waals surface area contributed by atoms with E-state index in [4.69, 9.17) is 5.11 Å². The van der Waals surface area contributed by atoms with E-state index in [9.17, 15) is 15.0 Å². The number of carbonyl (C=O) groups excluding carboxylic acids is 1. The Hall–Kier alpha value is -0.280. The number of hydrogen-bond acceptors (Lipinski definition) is 4. The van der Waals surface area contributed by atoms with E-state index in [0.29, 0.717) is 6.42 Å². The Balaban J connectivity index is 3.46. The maximum atomic E-state index is 11.8. The number of rotatable bonds is 18. The summed E-state index contributed by atoms with van der Waals surface area (Å²) in [4.78, 5) is 11.8. The van der Waals surface area contributed by atoms with Gasteiger partial charge in [0.15, 0.2) is 11.1 Å². The topological polar surface area (TPSA) is 77.8 Å². The summed E-state index contributed by atoms with van der Waals surface area (Å²) in [5.74, 6) is -0.429. The summed E-state index contributed by atoms with van der Waals surface area (Å²) >= 11 is 0. The molecule has 0 saturated carbocycles. The van der Waals surface area contributed by atoms with Crippen molar-refractivity contribution in [1.29, 1.82) is 0 Å². The number of aliphatic hydroxyl groups excluding tert-OH is 2. The fourth-order valence-electron chi connectivity index (χ4n) is 2.88. The zero-order valence-corrected chi connectivity index (χ0v) is 17.8. The lowest BCUT2D eigenvalue weighted by Gasteiger charge is -2.25. The SMILES string of the molecule is CCCCCCCCC=CCCCCCCCC(=O)C(O)(P)C(O)CO. The molecule has 4 nitrogen and oxygen atoms in total. The highest BCUT2D eigenvalue weighted by atomic mass is 31.0. The molecule has 0 aliphatic rings. The molecule has 3 N–H and O–H groups in total. The number of carbonyl (C=O) groups is 1. The summed E-state index contributed by atoms with van der Waals surface area (Å²) in [6, 6.07) is 0. The Morgan fingerprint density at radius 1 is 0.923 bits per heavy atom. The summed E-state index contributed by atoms with van der Waals surface area (Å²) in [7, 11) is 1.95. The van der Waals surface area contributed by atoms with Crippen molar-refractivity contribution in [1.82, 2.24) is 0 Å². The Morgan fingerprint density at radius 2 is 1.38 bits per heavy atom. The van der Waals surface area contributed by atoms with Gasteiger partial charge in [-0.3, -0.25) is 4.79 Å². The monoisotopic (exact) mass is 388 g/mol. The minimum atomic E-state index is -1.92. The van der Waals surface area contributed by atoms with Crippen molar-refractivity contribution in [3.8, 4) is 0 Å². The molecule has 0 aliphatic heterocycles. The first-order valence-electron chi connectivity index (χ1n) is 10.4. The van der Waals surface area contributed by atoms with E-state index in [2.05, 4.69) is 19.1 Å². The van der Waals surface area contributed by atoms with Crippen molar-refractivity contribution in [2.24, 2.45) is 0 Å². The van der Waals surface area contributed by atoms with Crippen LogP contribution < -0.4 is 0 Å². The van der Waals surface area contributed by atoms with E-state index in [-0.39, 0.29) is 6.42 Å². The summed E-state index contributed by atoms with van der Waals surface area (Å²) in [5, 5.41) is 26.2. The Bertz CT molecular complexity index is 369. The van der Waals surface area contributed by atoms with Crippen LogP contribution in [0.2, 0.25) is 0 Å². The zero-order chi connectivity index (χ0) is 19.7. The normalized spacial score (nSPS) is 15.3. The van der Waals surface area contributed by atoms with Crippen molar-refractivity contribution in [2.75, 3.05) is 6.61 Å². The maximum Gasteiger partial charge on any atom is 0.170 e. The first-order chi connectivity index (χ1) is 12.5. The first kappa shape index (κ1) is 25.7. The van der Waals surface area contributed by atoms with Crippen LogP contribution in [0.25, 0.3) is 0 Å². The van der Waals surface area contributed by atoms with Crippen LogP contribution in [-0.2, 0) is 4.79 Å². The first-order valence-corrected chi connectivity index (χ1v) is 11.0. The van der Waals surface area contributed by atoms with E-state index < -0.39 is 23.8 Å². The molecule has 5 heteroatoms. The van der Waals surface area contributed by atoms with E-state index in [1.165, 1.54) is 51.4 Å². The lowest BCUT2D eigenvalue weighted by atomic mass is 10.0. The van der Waals surface area contributed by atoms with Gasteiger partial charge in [-0.05, 0) is 32.1 Å². The third kappa shape index (κ3) is 13.0. The highest BCUT2D eigenvalue weighted by Gasteiger charge is 2.37. The van der Waals surface area contributed by atoms with Crippen LogP contribution in [0.15, 0.2) is 12.2 Å². The molecule has 0 fully saturated rings. The number of aliphatic hydroxyl groups is 3. The lowest BCUT2D eigenvalue weighted by molar-refractivity contribution is -0.139. The van der Waals surface area contributed by atoms with E-state index >= 15 is 0 Å². The van der Waals surface area contributed by atoms with Gasteiger partial charge in [0.1, 0.15) is 6.10 Å². The molecular weight excluding hydrogens is 347 g/mol. The Labute approximate surface area is 162 Å². The van der Waals surface area contributed by atoms with Crippen molar-refractivity contribution in [2.45, 2.75) is 108 Å². The molecule has 0 aliphatic carbocycles. The smallest absolute Gasteiger partial charge is 0.170 e. The summed E-state index contributed by atoms with van der Waals surface area (Å²) in [5.41, 5.74) is 0. The predicted molar refractivity (Wildman–Crippen MR) is 112 cm³/mol. The second-order valence-corrected chi connectivity index (χ2v) is 8.16. The van der Waals surface area contributed by atoms with Crippen LogP contribution in [0.1, 0.15) is 96.8 Å². The van der Waals surface area contributed by atoms with Crippen molar-refractivity contribution in [3.63, 3.8) is 0 Å². The van der Waals surface area contributed by atoms with E-state index in [1.54, 1.807) is 0 Å². The second kappa shape index (κ2) is 16.9. The van der Waals surface area contributed by atoms with Crippen LogP contribution in [0.4, 0.5) is 0 Å². The molecule has 0 heterocycles. The molecule has 0 amide bonds. The molecule has 0 bridgehead atoms. The van der Waals surface area contributed by atoms with Crippen LogP contribution in [0, 0.1) is 0 Å². The Morgan fingerprint density at radius 3 is 1.88 bits per heavy atom. The Kier molecular flexibility index (Phi) is 16.7. The molecule has 0 saturated heterocycles. The second-order valence-electron chi connectivity index (χ2n) is 7.28. The molecule has 0 aromatic rings. The minimum Gasteiger partial charge on any atom is -0.394 e. The summed E-state index contributed by atoms with van der Waals surface area (Å²) in [6.45, 7) is 1.62. The molecule has 0 radical (unpaired) electrons. The summed E-state index contributed by atoms with van der Waals surface area (Å²) in [6.07, 6.45) is 18.9. The van der Waals surface area contributed by atoms with Gasteiger partial charge < -0.3 is 15.3 Å². The average Bonchev–Trinajstić information content (AvgIpc) is 2.63. The van der Waals surface area contributed by atoms with Gasteiger partial charge >= 0.3 is 0 Å². The molecule has 154 valence electrons. The van der Waals surface area contributed by atoms with Gasteiger partial charge in [0, 0.05) is 6.42 Å². The van der Waals surface area contributed by atoms with Gasteiger partial charge in [-0.15, -0.1) is 0 Å². The van der Waals surface area contributed by atoms with Crippen LogP contribution in [-0.4, -0.2) is 39.2 Å². The van der Waals surface area contributed by atoms with Crippen molar-refractivity contribution >= 4 is 15.0 Å². The quantitative estimate of drug-likeness (QED) is 0.183. The van der Waals surface area contributed by atoms with Crippen molar-refractivity contribution in [3.05, 3.63) is 12.2 Å². The van der Waals surface area contributed by atoms with E-state index in [1.807, 2.05) is 9.24 Å². The van der Waals surface area contributed by atoms with Crippen LogP contribution >= 0.6 is 9.24 Å². The average molecular weight is 389 g/mol. The lowest BCUT2D eigenvalue weighted by Crippen LogP contribution is -2.45. The molecule has 3 atom stereocenters. The largest absolute Gasteiger partial charge is 0.394 e. The third-order valence-electron chi connectivity index (χ3n) is 4.79. The van der Waals surface area contributed by atoms with Gasteiger partial charge in [-0.25, -0.2) is 0 Å². The van der Waals surface area contributed by atoms with Gasteiger partial charge in [-0.2, -0.15) is 0 Å². The standard InChI is InChI=1S/C21H41O4P/c1-2-3-4-5-6-7-8-9-10-11-12-13-14-15-16-17-19(23)21(25,26)20(24)18-22/h9-10,20,22,24-25H,2-8,11-18,26H2,1H3. The zero-order valence-electron chi connectivity index (χ0n) is 16.7. The highest BCUT2D eigenvalue weighted by molar-refractivity contribution is 7.20. The summed E-state index contributed by atoms with van der Waals surface area (Å²) < 4.78 is 0. The number of unbranched alkanes of at least 4 members (excludes halogenated alkanes) is 11. The molecular formula is C21H41O4P. The molecule has 3 unspecified atom stereocenters. The molecule has 0 spiro atoms. The predicted octanol–water partition coefficient (Wildman–Crippen LogP) is 4.51. The van der Waals surface area contributed by atoms with Crippen molar-refractivity contribution < 1.29 is 20.1 Å². The van der Waals surface area contributed by atoms with Crippen LogP contribution in [0.5, 0.6) is 0 Å². The molecule has 0 aromatic heterocycles. The van der Waals surface area contributed by atoms with E-state index in [0.717, 1.165) is 25.7 Å². The van der Waals surface area contributed by atoms with Gasteiger partial charge in [0.05, 0.1) is 6.61 Å². The number of ketones is 1.